The zero-order valence-corrected chi connectivity index (χ0v) is 12.4. The van der Waals surface area contributed by atoms with E-state index in [9.17, 15) is 18.0 Å². The summed E-state index contributed by atoms with van der Waals surface area (Å²) in [5.74, 6) is -0.518. The number of hydrogen-bond donors (Lipinski definition) is 1. The molecule has 0 spiro atoms. The summed E-state index contributed by atoms with van der Waals surface area (Å²) < 4.78 is 42.4. The predicted molar refractivity (Wildman–Crippen MR) is 77.6 cm³/mol. The highest BCUT2D eigenvalue weighted by Crippen LogP contribution is 2.30. The Morgan fingerprint density at radius 3 is 2.30 bits per heavy atom. The van der Waals surface area contributed by atoms with Crippen molar-refractivity contribution in [2.75, 3.05) is 12.8 Å². The molecule has 0 aliphatic carbocycles. The molecule has 0 saturated carbocycles. The van der Waals surface area contributed by atoms with Crippen LogP contribution in [0.25, 0.3) is 11.4 Å². The first-order valence-electron chi connectivity index (χ1n) is 6.70. The van der Waals surface area contributed by atoms with Crippen LogP contribution in [-0.4, -0.2) is 23.0 Å². The third kappa shape index (κ3) is 3.41. The number of carbonyl (C=O) groups excluding carboxylic acids is 1. The molecule has 2 rings (SSSR count). The maximum atomic E-state index is 12.6. The van der Waals surface area contributed by atoms with E-state index in [1.807, 2.05) is 0 Å². The van der Waals surface area contributed by atoms with Crippen molar-refractivity contribution < 1.29 is 22.7 Å². The fourth-order valence-electron chi connectivity index (χ4n) is 2.05. The van der Waals surface area contributed by atoms with Crippen molar-refractivity contribution in [3.05, 3.63) is 41.1 Å². The van der Waals surface area contributed by atoms with Crippen molar-refractivity contribution in [2.24, 2.45) is 0 Å². The number of esters is 1. The van der Waals surface area contributed by atoms with Crippen LogP contribution in [0.4, 0.5) is 19.0 Å². The second-order valence-corrected chi connectivity index (χ2v) is 4.68. The Kier molecular flexibility index (Phi) is 4.53. The molecule has 122 valence electrons. The van der Waals surface area contributed by atoms with Gasteiger partial charge in [-0.15, -0.1) is 0 Å². The molecular weight excluding hydrogens is 311 g/mol. The largest absolute Gasteiger partial charge is 0.464 e. The van der Waals surface area contributed by atoms with Crippen LogP contribution >= 0.6 is 0 Å². The summed E-state index contributed by atoms with van der Waals surface area (Å²) in [7, 11) is 1.21. The highest BCUT2D eigenvalue weighted by Gasteiger charge is 2.30. The number of anilines is 1. The molecule has 0 amide bonds. The number of aromatic nitrogens is 2. The van der Waals surface area contributed by atoms with Crippen LogP contribution in [0.5, 0.6) is 0 Å². The molecule has 0 aliphatic heterocycles. The fourth-order valence-corrected chi connectivity index (χ4v) is 2.05. The van der Waals surface area contributed by atoms with E-state index in [4.69, 9.17) is 5.73 Å². The number of carbonyl (C=O) groups is 1. The number of methoxy groups -OCH3 is 1. The van der Waals surface area contributed by atoms with Crippen LogP contribution in [0.2, 0.25) is 0 Å². The van der Waals surface area contributed by atoms with Gasteiger partial charge in [-0.1, -0.05) is 19.1 Å². The summed E-state index contributed by atoms with van der Waals surface area (Å²) in [5, 5.41) is 0. The first-order chi connectivity index (χ1) is 10.8. The molecule has 0 saturated heterocycles. The Hall–Kier alpha value is -2.64. The van der Waals surface area contributed by atoms with Crippen LogP contribution in [0.1, 0.15) is 28.5 Å². The molecule has 0 bridgehead atoms. The molecule has 2 N–H and O–H groups in total. The Morgan fingerprint density at radius 2 is 1.83 bits per heavy atom. The SMILES string of the molecule is CCc1c(N)nc(-c2ccc(C(F)(F)F)cc2)nc1C(=O)OC. The van der Waals surface area contributed by atoms with Crippen LogP contribution < -0.4 is 5.73 Å². The van der Waals surface area contributed by atoms with Gasteiger partial charge in [0.25, 0.3) is 0 Å². The van der Waals surface area contributed by atoms with E-state index in [0.717, 1.165) is 12.1 Å². The van der Waals surface area contributed by atoms with Crippen LogP contribution in [0, 0.1) is 0 Å². The minimum Gasteiger partial charge on any atom is -0.464 e. The summed E-state index contributed by atoms with van der Waals surface area (Å²) in [5.41, 5.74) is 5.80. The second-order valence-electron chi connectivity index (χ2n) is 4.68. The molecule has 5 nitrogen and oxygen atoms in total. The lowest BCUT2D eigenvalue weighted by Gasteiger charge is -2.11. The summed E-state index contributed by atoms with van der Waals surface area (Å²) in [6.07, 6.45) is -4.01. The van der Waals surface area contributed by atoms with Gasteiger partial charge >= 0.3 is 12.1 Å². The van der Waals surface area contributed by atoms with Gasteiger partial charge < -0.3 is 10.5 Å². The number of hydrogen-bond acceptors (Lipinski definition) is 5. The first kappa shape index (κ1) is 16.7. The quantitative estimate of drug-likeness (QED) is 0.877. The van der Waals surface area contributed by atoms with E-state index in [-0.39, 0.29) is 17.3 Å². The van der Waals surface area contributed by atoms with Gasteiger partial charge in [-0.3, -0.25) is 0 Å². The van der Waals surface area contributed by atoms with Gasteiger partial charge in [0.15, 0.2) is 11.5 Å². The second kappa shape index (κ2) is 6.23. The molecular formula is C15H14F3N3O2. The maximum Gasteiger partial charge on any atom is 0.416 e. The molecule has 0 atom stereocenters. The van der Waals surface area contributed by atoms with Gasteiger partial charge in [0, 0.05) is 11.1 Å². The van der Waals surface area contributed by atoms with Crippen molar-refractivity contribution in [2.45, 2.75) is 19.5 Å². The molecule has 1 heterocycles. The smallest absolute Gasteiger partial charge is 0.416 e. The average Bonchev–Trinajstić information content (AvgIpc) is 2.52. The highest BCUT2D eigenvalue weighted by atomic mass is 19.4. The predicted octanol–water partition coefficient (Wildman–Crippen LogP) is 3.09. The van der Waals surface area contributed by atoms with Gasteiger partial charge in [-0.05, 0) is 18.6 Å². The van der Waals surface area contributed by atoms with E-state index in [0.29, 0.717) is 17.5 Å². The topological polar surface area (TPSA) is 78.1 Å². The minimum atomic E-state index is -4.43. The molecule has 1 aromatic carbocycles. The molecule has 0 aliphatic rings. The van der Waals surface area contributed by atoms with Crippen molar-refractivity contribution in [3.8, 4) is 11.4 Å². The number of rotatable bonds is 3. The third-order valence-electron chi connectivity index (χ3n) is 3.24. The minimum absolute atomic E-state index is 0.0115. The van der Waals surface area contributed by atoms with Gasteiger partial charge in [-0.25, -0.2) is 14.8 Å². The summed E-state index contributed by atoms with van der Waals surface area (Å²) in [4.78, 5) is 19.9. The van der Waals surface area contributed by atoms with Gasteiger partial charge in [0.1, 0.15) is 5.82 Å². The van der Waals surface area contributed by atoms with Gasteiger partial charge in [0.05, 0.1) is 12.7 Å². The van der Waals surface area contributed by atoms with Crippen LogP contribution in [-0.2, 0) is 17.3 Å². The number of nitrogens with zero attached hydrogens (tertiary/aromatic N) is 2. The van der Waals surface area contributed by atoms with Crippen molar-refractivity contribution in [3.63, 3.8) is 0 Å². The average molecular weight is 325 g/mol. The van der Waals surface area contributed by atoms with E-state index >= 15 is 0 Å². The lowest BCUT2D eigenvalue weighted by molar-refractivity contribution is -0.137. The van der Waals surface area contributed by atoms with Gasteiger partial charge in [-0.2, -0.15) is 13.2 Å². The zero-order valence-electron chi connectivity index (χ0n) is 12.4. The van der Waals surface area contributed by atoms with E-state index in [1.165, 1.54) is 19.2 Å². The van der Waals surface area contributed by atoms with Crippen molar-refractivity contribution in [1.82, 2.24) is 9.97 Å². The normalized spacial score (nSPS) is 11.3. The van der Waals surface area contributed by atoms with Crippen molar-refractivity contribution >= 4 is 11.8 Å². The number of ether oxygens (including phenoxy) is 1. The number of nitrogen functional groups attached to an aromatic ring is 1. The summed E-state index contributed by atoms with van der Waals surface area (Å²) in [6, 6.07) is 4.29. The van der Waals surface area contributed by atoms with E-state index < -0.39 is 17.7 Å². The molecule has 8 heteroatoms. The standard InChI is InChI=1S/C15H14F3N3O2/c1-3-10-11(14(22)23-2)20-13(21-12(10)19)8-4-6-9(7-5-8)15(16,17)18/h4-7H,3H2,1-2H3,(H2,19,20,21). The van der Waals surface area contributed by atoms with E-state index in [2.05, 4.69) is 14.7 Å². The third-order valence-corrected chi connectivity index (χ3v) is 3.24. The lowest BCUT2D eigenvalue weighted by Crippen LogP contribution is -2.13. The fraction of sp³-hybridized carbons (Fsp3) is 0.267. The van der Waals surface area contributed by atoms with Crippen LogP contribution in [0.15, 0.2) is 24.3 Å². The number of benzene rings is 1. The Balaban J connectivity index is 2.52. The number of halogens is 3. The summed E-state index contributed by atoms with van der Waals surface area (Å²) in [6.45, 7) is 1.78. The number of nitrogens with two attached hydrogens (primary N) is 1. The van der Waals surface area contributed by atoms with Crippen LogP contribution in [0.3, 0.4) is 0 Å². The number of alkyl halides is 3. The molecule has 2 aromatic rings. The molecule has 1 aromatic heterocycles. The summed E-state index contributed by atoms with van der Waals surface area (Å²) >= 11 is 0. The lowest BCUT2D eigenvalue weighted by atomic mass is 10.1. The first-order valence-corrected chi connectivity index (χ1v) is 6.70. The van der Waals surface area contributed by atoms with Crippen molar-refractivity contribution in [1.29, 1.82) is 0 Å². The Morgan fingerprint density at radius 1 is 1.22 bits per heavy atom. The molecule has 23 heavy (non-hydrogen) atoms. The molecule has 0 unspecified atom stereocenters. The van der Waals surface area contributed by atoms with Gasteiger partial charge in [0.2, 0.25) is 0 Å². The molecule has 0 radical (unpaired) electrons. The van der Waals surface area contributed by atoms with E-state index in [1.54, 1.807) is 6.92 Å². The Labute approximate surface area is 130 Å². The maximum absolute atomic E-state index is 12.6. The Bertz CT molecular complexity index is 728. The molecule has 0 fully saturated rings. The highest BCUT2D eigenvalue weighted by molar-refractivity contribution is 5.90. The monoisotopic (exact) mass is 325 g/mol. The zero-order chi connectivity index (χ0) is 17.2.